The van der Waals surface area contributed by atoms with Crippen molar-refractivity contribution in [3.63, 3.8) is 0 Å². The second-order valence-electron chi connectivity index (χ2n) is 4.82. The first-order valence-electron chi connectivity index (χ1n) is 6.89. The Morgan fingerprint density at radius 1 is 1.14 bits per heavy atom. The van der Waals surface area contributed by atoms with Gasteiger partial charge >= 0.3 is 0 Å². The molecule has 112 valence electrons. The van der Waals surface area contributed by atoms with Crippen LogP contribution in [0.3, 0.4) is 0 Å². The van der Waals surface area contributed by atoms with Crippen molar-refractivity contribution in [3.8, 4) is 21.8 Å². The van der Waals surface area contributed by atoms with Gasteiger partial charge in [0, 0.05) is 28.9 Å². The smallest absolute Gasteiger partial charge is 0.131 e. The van der Waals surface area contributed by atoms with Crippen molar-refractivity contribution in [1.82, 2.24) is 15.0 Å². The Kier molecular flexibility index (Phi) is 4.71. The Morgan fingerprint density at radius 3 is 2.64 bits per heavy atom. The monoisotopic (exact) mass is 349 g/mol. The number of thiazole rings is 1. The molecule has 0 amide bonds. The summed E-state index contributed by atoms with van der Waals surface area (Å²) in [5, 5.41) is 3.64. The van der Waals surface area contributed by atoms with E-state index in [0.29, 0.717) is 10.3 Å². The second-order valence-corrected chi connectivity index (χ2v) is 6.45. The van der Waals surface area contributed by atoms with E-state index in [2.05, 4.69) is 23.0 Å². The van der Waals surface area contributed by atoms with Gasteiger partial charge in [-0.25, -0.2) is 9.97 Å². The van der Waals surface area contributed by atoms with Gasteiger partial charge in [-0.05, 0) is 30.2 Å². The molecule has 0 aliphatic heterocycles. The molecule has 3 aromatic rings. The fourth-order valence-electron chi connectivity index (χ4n) is 2.26. The first-order chi connectivity index (χ1) is 10.7. The van der Waals surface area contributed by atoms with E-state index < -0.39 is 0 Å². The van der Waals surface area contributed by atoms with E-state index in [4.69, 9.17) is 28.2 Å². The van der Waals surface area contributed by atoms with Crippen molar-refractivity contribution in [1.29, 1.82) is 0 Å². The number of hydrogen-bond donors (Lipinski definition) is 0. The van der Waals surface area contributed by atoms with Gasteiger partial charge in [0.2, 0.25) is 0 Å². The highest BCUT2D eigenvalue weighted by Crippen LogP contribution is 2.32. The number of aromatic nitrogens is 3. The molecule has 22 heavy (non-hydrogen) atoms. The van der Waals surface area contributed by atoms with E-state index in [0.717, 1.165) is 34.7 Å². The summed E-state index contributed by atoms with van der Waals surface area (Å²) < 4.78 is 0. The predicted octanol–water partition coefficient (Wildman–Crippen LogP) is 5.53. The van der Waals surface area contributed by atoms with Crippen molar-refractivity contribution in [2.45, 2.75) is 19.8 Å². The van der Waals surface area contributed by atoms with Crippen LogP contribution in [0.2, 0.25) is 10.3 Å². The molecule has 0 saturated heterocycles. The molecule has 3 nitrogen and oxygen atoms in total. The Labute approximate surface area is 143 Å². The van der Waals surface area contributed by atoms with Gasteiger partial charge < -0.3 is 0 Å². The maximum atomic E-state index is 5.96. The van der Waals surface area contributed by atoms with Crippen LogP contribution in [0.5, 0.6) is 0 Å². The van der Waals surface area contributed by atoms with Gasteiger partial charge in [0.15, 0.2) is 0 Å². The summed E-state index contributed by atoms with van der Waals surface area (Å²) >= 11 is 13.5. The van der Waals surface area contributed by atoms with Gasteiger partial charge in [-0.3, -0.25) is 4.98 Å². The lowest BCUT2D eigenvalue weighted by atomic mass is 10.0. The maximum absolute atomic E-state index is 5.96. The van der Waals surface area contributed by atoms with Crippen LogP contribution in [0.1, 0.15) is 18.9 Å². The van der Waals surface area contributed by atoms with Crippen LogP contribution >= 0.6 is 34.5 Å². The van der Waals surface area contributed by atoms with Crippen molar-refractivity contribution in [2.24, 2.45) is 0 Å². The van der Waals surface area contributed by atoms with E-state index in [-0.39, 0.29) is 0 Å². The van der Waals surface area contributed by atoms with E-state index >= 15 is 0 Å². The number of hydrogen-bond acceptors (Lipinski definition) is 4. The average Bonchev–Trinajstić information content (AvgIpc) is 2.97. The zero-order valence-corrected chi connectivity index (χ0v) is 14.2. The third kappa shape index (κ3) is 3.29. The summed E-state index contributed by atoms with van der Waals surface area (Å²) in [5.41, 5.74) is 4.15. The van der Waals surface area contributed by atoms with Gasteiger partial charge in [-0.15, -0.1) is 11.3 Å². The van der Waals surface area contributed by atoms with Crippen LogP contribution in [0.15, 0.2) is 36.0 Å². The predicted molar refractivity (Wildman–Crippen MR) is 92.6 cm³/mol. The Morgan fingerprint density at radius 2 is 1.91 bits per heavy atom. The van der Waals surface area contributed by atoms with Crippen LogP contribution in [0, 0.1) is 0 Å². The van der Waals surface area contributed by atoms with Crippen LogP contribution in [0.25, 0.3) is 21.8 Å². The molecule has 0 aromatic carbocycles. The zero-order valence-electron chi connectivity index (χ0n) is 11.9. The molecule has 3 heterocycles. The van der Waals surface area contributed by atoms with Crippen molar-refractivity contribution in [2.75, 3.05) is 0 Å². The highest BCUT2D eigenvalue weighted by Gasteiger charge is 2.11. The molecular formula is C16H13Cl2N3S. The standard InChI is InChI=1S/C16H13Cl2N3S/c1-2-3-10-4-5-19-8-12(10)13-9-22-16(20-13)11-6-14(17)21-15(18)7-11/h4-9H,2-3H2,1H3. The molecule has 0 fully saturated rings. The van der Waals surface area contributed by atoms with Crippen LogP contribution < -0.4 is 0 Å². The molecule has 0 radical (unpaired) electrons. The van der Waals surface area contributed by atoms with Crippen LogP contribution in [-0.2, 0) is 6.42 Å². The number of rotatable bonds is 4. The normalized spacial score (nSPS) is 10.9. The molecule has 0 atom stereocenters. The molecule has 0 bridgehead atoms. The Bertz CT molecular complexity index is 781. The lowest BCUT2D eigenvalue weighted by Crippen LogP contribution is -1.91. The van der Waals surface area contributed by atoms with Crippen LogP contribution in [-0.4, -0.2) is 15.0 Å². The molecule has 3 rings (SSSR count). The molecule has 0 aliphatic carbocycles. The molecule has 6 heteroatoms. The molecule has 3 aromatic heterocycles. The number of nitrogens with zero attached hydrogens (tertiary/aromatic N) is 3. The van der Waals surface area contributed by atoms with E-state index in [9.17, 15) is 0 Å². The number of halogens is 2. The highest BCUT2D eigenvalue weighted by atomic mass is 35.5. The minimum atomic E-state index is 0.368. The van der Waals surface area contributed by atoms with Crippen molar-refractivity contribution < 1.29 is 0 Å². The topological polar surface area (TPSA) is 38.7 Å². The molecule has 0 N–H and O–H groups in total. The van der Waals surface area contributed by atoms with Gasteiger partial charge in [0.25, 0.3) is 0 Å². The minimum absolute atomic E-state index is 0.368. The largest absolute Gasteiger partial charge is 0.264 e. The van der Waals surface area contributed by atoms with Crippen LogP contribution in [0.4, 0.5) is 0 Å². The summed E-state index contributed by atoms with van der Waals surface area (Å²) in [6.45, 7) is 2.16. The highest BCUT2D eigenvalue weighted by molar-refractivity contribution is 7.13. The third-order valence-corrected chi connectivity index (χ3v) is 4.50. The summed E-state index contributed by atoms with van der Waals surface area (Å²) in [7, 11) is 0. The molecule has 0 aliphatic rings. The summed E-state index contributed by atoms with van der Waals surface area (Å²) in [6.07, 6.45) is 5.79. The van der Waals surface area contributed by atoms with Gasteiger partial charge in [-0.2, -0.15) is 0 Å². The second kappa shape index (κ2) is 6.73. The lowest BCUT2D eigenvalue weighted by molar-refractivity contribution is 0.919. The minimum Gasteiger partial charge on any atom is -0.264 e. The average molecular weight is 350 g/mol. The van der Waals surface area contributed by atoms with Gasteiger partial charge in [0.05, 0.1) is 5.69 Å². The summed E-state index contributed by atoms with van der Waals surface area (Å²) in [4.78, 5) is 12.9. The summed E-state index contributed by atoms with van der Waals surface area (Å²) in [5.74, 6) is 0. The molecule has 0 saturated carbocycles. The maximum Gasteiger partial charge on any atom is 0.131 e. The SMILES string of the molecule is CCCc1ccncc1-c1csc(-c2cc(Cl)nc(Cl)c2)n1. The van der Waals surface area contributed by atoms with E-state index in [1.165, 1.54) is 5.56 Å². The number of aryl methyl sites for hydroxylation is 1. The third-order valence-electron chi connectivity index (χ3n) is 3.22. The van der Waals surface area contributed by atoms with Crippen molar-refractivity contribution >= 4 is 34.5 Å². The fourth-order valence-corrected chi connectivity index (χ4v) is 3.53. The van der Waals surface area contributed by atoms with Crippen molar-refractivity contribution in [3.05, 3.63) is 51.8 Å². The zero-order chi connectivity index (χ0) is 15.5. The summed E-state index contributed by atoms with van der Waals surface area (Å²) in [6, 6.07) is 5.59. The fraction of sp³-hybridized carbons (Fsp3) is 0.188. The van der Waals surface area contributed by atoms with Gasteiger partial charge in [-0.1, -0.05) is 36.5 Å². The Hall–Kier alpha value is -1.49. The molecule has 0 spiro atoms. The lowest BCUT2D eigenvalue weighted by Gasteiger charge is -2.05. The van der Waals surface area contributed by atoms with Gasteiger partial charge in [0.1, 0.15) is 15.3 Å². The van der Waals surface area contributed by atoms with E-state index in [1.807, 2.05) is 17.8 Å². The molecule has 0 unspecified atom stereocenters. The quantitative estimate of drug-likeness (QED) is 0.581. The number of pyridine rings is 2. The first kappa shape index (κ1) is 15.4. The van der Waals surface area contributed by atoms with E-state index in [1.54, 1.807) is 23.5 Å². The Balaban J connectivity index is 2.01. The molecular weight excluding hydrogens is 337 g/mol. The first-order valence-corrected chi connectivity index (χ1v) is 8.53.